The molecular formula is C11H11ClF3N3. The molecule has 0 radical (unpaired) electrons. The largest absolute Gasteiger partial charge is 0.417 e. The van der Waals surface area contributed by atoms with Crippen molar-refractivity contribution in [3.8, 4) is 0 Å². The van der Waals surface area contributed by atoms with E-state index < -0.39 is 11.7 Å². The molecule has 18 heavy (non-hydrogen) atoms. The van der Waals surface area contributed by atoms with Gasteiger partial charge in [-0.1, -0.05) is 11.6 Å². The second-order valence-electron chi connectivity index (χ2n) is 4.05. The predicted molar refractivity (Wildman–Crippen MR) is 63.8 cm³/mol. The van der Waals surface area contributed by atoms with Crippen molar-refractivity contribution in [2.45, 2.75) is 31.9 Å². The number of hydrogen-bond donors (Lipinski definition) is 1. The molecule has 0 spiro atoms. The van der Waals surface area contributed by atoms with Gasteiger partial charge in [0.05, 0.1) is 10.6 Å². The highest BCUT2D eigenvalue weighted by Crippen LogP contribution is 2.32. The van der Waals surface area contributed by atoms with E-state index in [9.17, 15) is 13.2 Å². The summed E-state index contributed by atoms with van der Waals surface area (Å²) in [5, 5.41) is 3.99. The number of nitrogens with zero attached hydrogens (tertiary/aromatic N) is 2. The van der Waals surface area contributed by atoms with Crippen molar-refractivity contribution >= 4 is 23.1 Å². The summed E-state index contributed by atoms with van der Waals surface area (Å²) in [7, 11) is 0. The molecule has 1 heterocycles. The van der Waals surface area contributed by atoms with Crippen LogP contribution >= 0.6 is 11.6 Å². The topological polar surface area (TPSA) is 37.3 Å². The molecule has 1 aromatic heterocycles. The molecule has 1 N–H and O–H groups in total. The zero-order chi connectivity index (χ0) is 13.2. The molecule has 1 saturated carbocycles. The van der Waals surface area contributed by atoms with Gasteiger partial charge in [0.25, 0.3) is 0 Å². The molecule has 1 fully saturated rings. The lowest BCUT2D eigenvalue weighted by Gasteiger charge is -2.08. The maximum Gasteiger partial charge on any atom is 0.417 e. The molecule has 0 bridgehead atoms. The molecule has 98 valence electrons. The Morgan fingerprint density at radius 1 is 1.28 bits per heavy atom. The van der Waals surface area contributed by atoms with E-state index in [1.165, 1.54) is 0 Å². The van der Waals surface area contributed by atoms with E-state index in [1.54, 1.807) is 0 Å². The summed E-state index contributed by atoms with van der Waals surface area (Å²) in [6, 6.07) is 0.839. The highest BCUT2D eigenvalue weighted by Gasteiger charge is 2.31. The van der Waals surface area contributed by atoms with E-state index in [0.717, 1.165) is 43.7 Å². The van der Waals surface area contributed by atoms with Crippen molar-refractivity contribution in [1.82, 2.24) is 4.98 Å². The smallest absolute Gasteiger partial charge is 0.260 e. The Hall–Kier alpha value is -1.30. The van der Waals surface area contributed by atoms with Gasteiger partial charge in [0.2, 0.25) is 0 Å². The third kappa shape index (κ3) is 3.13. The lowest BCUT2D eigenvalue weighted by molar-refractivity contribution is -0.137. The quantitative estimate of drug-likeness (QED) is 0.827. The summed E-state index contributed by atoms with van der Waals surface area (Å²) in [5.74, 6) is 0.143. The summed E-state index contributed by atoms with van der Waals surface area (Å²) in [6.07, 6.45) is 0.301. The molecular weight excluding hydrogens is 267 g/mol. The fraction of sp³-hybridized carbons (Fsp3) is 0.455. The highest BCUT2D eigenvalue weighted by molar-refractivity contribution is 6.32. The van der Waals surface area contributed by atoms with E-state index in [4.69, 9.17) is 11.6 Å². The molecule has 3 nitrogen and oxygen atoms in total. The van der Waals surface area contributed by atoms with E-state index >= 15 is 0 Å². The van der Waals surface area contributed by atoms with Crippen LogP contribution in [0, 0.1) is 0 Å². The maximum atomic E-state index is 12.4. The van der Waals surface area contributed by atoms with E-state index in [1.807, 2.05) is 0 Å². The number of pyridine rings is 1. The molecule has 2 rings (SSSR count). The Bertz CT molecular complexity index is 463. The molecule has 7 heteroatoms. The number of alkyl halides is 3. The van der Waals surface area contributed by atoms with Crippen molar-refractivity contribution in [1.29, 1.82) is 0 Å². The van der Waals surface area contributed by atoms with Gasteiger partial charge in [-0.05, 0) is 31.7 Å². The monoisotopic (exact) mass is 277 g/mol. The predicted octanol–water partition coefficient (Wildman–Crippen LogP) is 4.10. The van der Waals surface area contributed by atoms with Gasteiger partial charge in [-0.3, -0.25) is 5.43 Å². The van der Waals surface area contributed by atoms with Crippen LogP contribution in [0.15, 0.2) is 17.4 Å². The Labute approximate surface area is 107 Å². The number of hydrazone groups is 1. The van der Waals surface area contributed by atoms with Crippen molar-refractivity contribution in [2.24, 2.45) is 5.10 Å². The summed E-state index contributed by atoms with van der Waals surface area (Å²) >= 11 is 5.73. The van der Waals surface area contributed by atoms with E-state index in [0.29, 0.717) is 0 Å². The van der Waals surface area contributed by atoms with Crippen molar-refractivity contribution < 1.29 is 13.2 Å². The standard InChI is InChI=1S/C11H11ClF3N3/c12-9-5-7(11(13,14)15)6-16-10(9)18-17-8-3-1-2-4-8/h5-6H,1-4H2,(H,16,18). The molecule has 0 aliphatic heterocycles. The third-order valence-electron chi connectivity index (χ3n) is 2.67. The lowest BCUT2D eigenvalue weighted by Crippen LogP contribution is -2.07. The number of hydrogen-bond acceptors (Lipinski definition) is 3. The Morgan fingerprint density at radius 3 is 2.50 bits per heavy atom. The normalized spacial score (nSPS) is 15.9. The zero-order valence-corrected chi connectivity index (χ0v) is 10.1. The van der Waals surface area contributed by atoms with Gasteiger partial charge in [0.1, 0.15) is 0 Å². The van der Waals surface area contributed by atoms with Gasteiger partial charge in [-0.15, -0.1) is 0 Å². The van der Waals surface area contributed by atoms with Crippen LogP contribution in [-0.2, 0) is 6.18 Å². The molecule has 0 saturated heterocycles. The van der Waals surface area contributed by atoms with Gasteiger partial charge in [-0.2, -0.15) is 18.3 Å². The van der Waals surface area contributed by atoms with Crippen LogP contribution in [0.3, 0.4) is 0 Å². The second kappa shape index (κ2) is 5.14. The fourth-order valence-corrected chi connectivity index (χ4v) is 1.91. The van der Waals surface area contributed by atoms with Crippen LogP contribution in [0.25, 0.3) is 0 Å². The van der Waals surface area contributed by atoms with Crippen LogP contribution in [0.4, 0.5) is 19.0 Å². The minimum absolute atomic E-state index is 0.0906. The van der Waals surface area contributed by atoms with Crippen molar-refractivity contribution in [2.75, 3.05) is 5.43 Å². The summed E-state index contributed by atoms with van der Waals surface area (Å²) in [6.45, 7) is 0. The van der Waals surface area contributed by atoms with Crippen LogP contribution in [0.2, 0.25) is 5.02 Å². The average molecular weight is 278 g/mol. The number of rotatable bonds is 2. The SMILES string of the molecule is FC(F)(F)c1cnc(NN=C2CCCC2)c(Cl)c1. The number of halogens is 4. The molecule has 0 atom stereocenters. The first kappa shape index (κ1) is 13.1. The van der Waals surface area contributed by atoms with E-state index in [-0.39, 0.29) is 10.8 Å². The van der Waals surface area contributed by atoms with Crippen LogP contribution in [-0.4, -0.2) is 10.7 Å². The Morgan fingerprint density at radius 2 is 1.94 bits per heavy atom. The molecule has 1 aliphatic rings. The molecule has 0 aromatic carbocycles. The first-order valence-corrected chi connectivity index (χ1v) is 5.89. The van der Waals surface area contributed by atoms with Crippen LogP contribution < -0.4 is 5.43 Å². The Balaban J connectivity index is 2.12. The van der Waals surface area contributed by atoms with Gasteiger partial charge in [-0.25, -0.2) is 4.98 Å². The maximum absolute atomic E-state index is 12.4. The number of anilines is 1. The number of aromatic nitrogens is 1. The first-order chi connectivity index (χ1) is 8.47. The van der Waals surface area contributed by atoms with Crippen molar-refractivity contribution in [3.05, 3.63) is 22.8 Å². The van der Waals surface area contributed by atoms with Gasteiger partial charge in [0.15, 0.2) is 5.82 Å². The molecule has 0 amide bonds. The van der Waals surface area contributed by atoms with Crippen LogP contribution in [0.1, 0.15) is 31.2 Å². The Kier molecular flexibility index (Phi) is 3.75. The molecule has 1 aliphatic carbocycles. The minimum atomic E-state index is -4.44. The lowest BCUT2D eigenvalue weighted by atomic mass is 10.3. The van der Waals surface area contributed by atoms with Crippen LogP contribution in [0.5, 0.6) is 0 Å². The highest BCUT2D eigenvalue weighted by atomic mass is 35.5. The number of nitrogens with one attached hydrogen (secondary N) is 1. The zero-order valence-electron chi connectivity index (χ0n) is 9.39. The summed E-state index contributed by atoms with van der Waals surface area (Å²) < 4.78 is 37.2. The molecule has 0 unspecified atom stereocenters. The summed E-state index contributed by atoms with van der Waals surface area (Å²) in [5.41, 5.74) is 2.74. The van der Waals surface area contributed by atoms with Crippen molar-refractivity contribution in [3.63, 3.8) is 0 Å². The first-order valence-electron chi connectivity index (χ1n) is 5.51. The van der Waals surface area contributed by atoms with Gasteiger partial charge >= 0.3 is 6.18 Å². The minimum Gasteiger partial charge on any atom is -0.260 e. The van der Waals surface area contributed by atoms with E-state index in [2.05, 4.69) is 15.5 Å². The summed E-state index contributed by atoms with van der Waals surface area (Å²) in [4.78, 5) is 3.64. The fourth-order valence-electron chi connectivity index (χ4n) is 1.70. The second-order valence-corrected chi connectivity index (χ2v) is 4.46. The third-order valence-corrected chi connectivity index (χ3v) is 2.96. The molecule has 1 aromatic rings. The van der Waals surface area contributed by atoms with Gasteiger partial charge < -0.3 is 0 Å². The van der Waals surface area contributed by atoms with Gasteiger partial charge in [0, 0.05) is 11.9 Å². The average Bonchev–Trinajstić information content (AvgIpc) is 2.79.